The number of aromatic nitrogens is 2. The summed E-state index contributed by atoms with van der Waals surface area (Å²) in [5.74, 6) is 0.540. The molecule has 2 heterocycles. The Morgan fingerprint density at radius 2 is 1.69 bits per heavy atom. The van der Waals surface area contributed by atoms with E-state index >= 15 is 0 Å². The zero-order valence-electron chi connectivity index (χ0n) is 17.9. The van der Waals surface area contributed by atoms with E-state index < -0.39 is 5.82 Å². The molecule has 0 N–H and O–H groups in total. The highest BCUT2D eigenvalue weighted by Crippen LogP contribution is 2.37. The second-order valence-electron chi connectivity index (χ2n) is 8.45. The Kier molecular flexibility index (Phi) is 5.83. The van der Waals surface area contributed by atoms with Crippen molar-refractivity contribution in [3.8, 4) is 11.1 Å². The molecule has 0 spiro atoms. The number of nitrogens with zero attached hydrogens (tertiary/aromatic N) is 3. The maximum Gasteiger partial charge on any atom is 0.206 e. The average molecular weight is 468 g/mol. The van der Waals surface area contributed by atoms with Gasteiger partial charge in [0.1, 0.15) is 5.82 Å². The van der Waals surface area contributed by atoms with Crippen LogP contribution in [0.2, 0.25) is 10.0 Å². The summed E-state index contributed by atoms with van der Waals surface area (Å²) in [7, 11) is 0. The maximum absolute atomic E-state index is 13.8. The third-order valence-electron chi connectivity index (χ3n) is 6.11. The fourth-order valence-corrected chi connectivity index (χ4v) is 4.99. The Labute approximate surface area is 197 Å². The van der Waals surface area contributed by atoms with Crippen molar-refractivity contribution in [1.29, 1.82) is 0 Å². The highest BCUT2D eigenvalue weighted by atomic mass is 35.5. The lowest BCUT2D eigenvalue weighted by molar-refractivity contribution is 0.560. The van der Waals surface area contributed by atoms with Crippen molar-refractivity contribution in [3.63, 3.8) is 0 Å². The van der Waals surface area contributed by atoms with E-state index in [1.807, 2.05) is 24.3 Å². The average Bonchev–Trinajstić information content (AvgIpc) is 3.15. The van der Waals surface area contributed by atoms with Crippen LogP contribution in [-0.4, -0.2) is 22.6 Å². The number of anilines is 1. The lowest BCUT2D eigenvalue weighted by Gasteiger charge is -2.28. The number of rotatable bonds is 4. The van der Waals surface area contributed by atoms with Gasteiger partial charge in [-0.3, -0.25) is 0 Å². The van der Waals surface area contributed by atoms with Gasteiger partial charge in [0.05, 0.1) is 22.6 Å². The van der Waals surface area contributed by atoms with E-state index in [4.69, 9.17) is 28.2 Å². The first-order valence-electron chi connectivity index (χ1n) is 11.0. The van der Waals surface area contributed by atoms with Gasteiger partial charge in [0.15, 0.2) is 0 Å². The van der Waals surface area contributed by atoms with Crippen LogP contribution >= 0.6 is 23.2 Å². The van der Waals surface area contributed by atoms with Gasteiger partial charge < -0.3 is 9.47 Å². The molecule has 0 saturated carbocycles. The number of halogens is 3. The molecule has 0 bridgehead atoms. The summed E-state index contributed by atoms with van der Waals surface area (Å²) < 4.78 is 16.0. The molecule has 1 fully saturated rings. The molecule has 5 rings (SSSR count). The molecule has 1 aliphatic rings. The smallest absolute Gasteiger partial charge is 0.206 e. The highest BCUT2D eigenvalue weighted by molar-refractivity contribution is 6.33. The van der Waals surface area contributed by atoms with Gasteiger partial charge in [0.25, 0.3) is 0 Å². The van der Waals surface area contributed by atoms with Crippen LogP contribution in [0.5, 0.6) is 0 Å². The van der Waals surface area contributed by atoms with Crippen LogP contribution in [-0.2, 0) is 6.54 Å². The van der Waals surface area contributed by atoms with Gasteiger partial charge in [-0.25, -0.2) is 9.37 Å². The van der Waals surface area contributed by atoms with E-state index in [0.29, 0.717) is 11.6 Å². The molecule has 3 nitrogen and oxygen atoms in total. The number of fused-ring (bicyclic) bond motifs is 1. The monoisotopic (exact) mass is 467 g/mol. The Morgan fingerprint density at radius 3 is 2.44 bits per heavy atom. The molecule has 0 radical (unpaired) electrons. The van der Waals surface area contributed by atoms with Gasteiger partial charge in [-0.15, -0.1) is 0 Å². The lowest BCUT2D eigenvalue weighted by atomic mass is 10.0. The summed E-state index contributed by atoms with van der Waals surface area (Å²) in [6.07, 6.45) is 3.55. The summed E-state index contributed by atoms with van der Waals surface area (Å²) in [5.41, 5.74) is 6.05. The van der Waals surface area contributed by atoms with Gasteiger partial charge in [-0.05, 0) is 67.6 Å². The molecule has 0 atom stereocenters. The Morgan fingerprint density at radius 1 is 0.906 bits per heavy atom. The van der Waals surface area contributed by atoms with Crippen LogP contribution < -0.4 is 4.90 Å². The fraction of sp³-hybridized carbons (Fsp3) is 0.269. The molecule has 1 saturated heterocycles. The van der Waals surface area contributed by atoms with Gasteiger partial charge in [0, 0.05) is 29.2 Å². The van der Waals surface area contributed by atoms with Gasteiger partial charge in [0.2, 0.25) is 5.95 Å². The molecular formula is C26H24Cl2FN3. The molecule has 164 valence electrons. The first-order chi connectivity index (χ1) is 15.5. The molecule has 32 heavy (non-hydrogen) atoms. The molecule has 6 heteroatoms. The van der Waals surface area contributed by atoms with Crippen LogP contribution in [0.15, 0.2) is 54.6 Å². The van der Waals surface area contributed by atoms with E-state index in [0.717, 1.165) is 65.2 Å². The number of hydrogen-bond donors (Lipinski definition) is 0. The van der Waals surface area contributed by atoms with Crippen LogP contribution in [0.3, 0.4) is 0 Å². The topological polar surface area (TPSA) is 21.1 Å². The molecule has 0 amide bonds. The Hall–Kier alpha value is -2.56. The van der Waals surface area contributed by atoms with Gasteiger partial charge in [-0.2, -0.15) is 0 Å². The first-order valence-corrected chi connectivity index (χ1v) is 11.7. The minimum Gasteiger partial charge on any atom is -0.342 e. The molecule has 1 aromatic heterocycles. The van der Waals surface area contributed by atoms with E-state index in [2.05, 4.69) is 28.5 Å². The molecule has 0 aliphatic carbocycles. The summed E-state index contributed by atoms with van der Waals surface area (Å²) in [6, 6.07) is 17.1. The number of hydrogen-bond acceptors (Lipinski definition) is 2. The van der Waals surface area contributed by atoms with E-state index in [9.17, 15) is 4.39 Å². The van der Waals surface area contributed by atoms with Crippen molar-refractivity contribution in [2.24, 2.45) is 0 Å². The van der Waals surface area contributed by atoms with E-state index in [-0.39, 0.29) is 5.02 Å². The first kappa shape index (κ1) is 21.3. The molecule has 1 aliphatic heterocycles. The van der Waals surface area contributed by atoms with Crippen molar-refractivity contribution < 1.29 is 4.39 Å². The normalized spacial score (nSPS) is 14.3. The van der Waals surface area contributed by atoms with E-state index in [1.165, 1.54) is 12.5 Å². The Balaban J connectivity index is 1.72. The van der Waals surface area contributed by atoms with Crippen LogP contribution in [0.25, 0.3) is 22.2 Å². The summed E-state index contributed by atoms with van der Waals surface area (Å²) in [6.45, 7) is 4.61. The summed E-state index contributed by atoms with van der Waals surface area (Å²) >= 11 is 12.7. The largest absolute Gasteiger partial charge is 0.342 e. The summed E-state index contributed by atoms with van der Waals surface area (Å²) in [4.78, 5) is 7.52. The lowest BCUT2D eigenvalue weighted by Crippen LogP contribution is -2.32. The zero-order valence-corrected chi connectivity index (χ0v) is 19.4. The number of aryl methyl sites for hydroxylation is 1. The van der Waals surface area contributed by atoms with Gasteiger partial charge in [-0.1, -0.05) is 47.5 Å². The second-order valence-corrected chi connectivity index (χ2v) is 9.27. The van der Waals surface area contributed by atoms with Crippen LogP contribution in [0, 0.1) is 12.7 Å². The molecular weight excluding hydrogens is 444 g/mol. The van der Waals surface area contributed by atoms with Crippen LogP contribution in [0.4, 0.5) is 10.3 Å². The van der Waals surface area contributed by atoms with Crippen molar-refractivity contribution in [1.82, 2.24) is 9.55 Å². The SMILES string of the molecule is Cc1cc(-c2ccccc2Cl)c2nc(N3CCCCC3)n(Cc3ccc(F)c(Cl)c3)c2c1. The fourth-order valence-electron chi connectivity index (χ4n) is 4.55. The summed E-state index contributed by atoms with van der Waals surface area (Å²) in [5, 5.41) is 0.846. The zero-order chi connectivity index (χ0) is 22.2. The van der Waals surface area contributed by atoms with Crippen molar-refractivity contribution in [2.45, 2.75) is 32.7 Å². The maximum atomic E-state index is 13.8. The predicted octanol–water partition coefficient (Wildman–Crippen LogP) is 7.50. The number of imidazole rings is 1. The molecule has 0 unspecified atom stereocenters. The minimum atomic E-state index is -0.404. The quantitative estimate of drug-likeness (QED) is 0.309. The molecule has 3 aromatic carbocycles. The van der Waals surface area contributed by atoms with Crippen molar-refractivity contribution in [3.05, 3.63) is 81.6 Å². The standard InChI is InChI=1S/C26H24Cl2FN3/c1-17-13-20(19-7-3-4-8-21(19)27)25-24(14-17)32(16-18-9-10-23(29)22(28)15-18)26(30-25)31-11-5-2-6-12-31/h3-4,7-10,13-15H,2,5-6,11-12,16H2,1H3. The number of piperidine rings is 1. The predicted molar refractivity (Wildman–Crippen MR) is 131 cm³/mol. The number of benzene rings is 3. The third-order valence-corrected chi connectivity index (χ3v) is 6.73. The van der Waals surface area contributed by atoms with Crippen LogP contribution in [0.1, 0.15) is 30.4 Å². The molecule has 4 aromatic rings. The van der Waals surface area contributed by atoms with Gasteiger partial charge >= 0.3 is 0 Å². The minimum absolute atomic E-state index is 0.138. The van der Waals surface area contributed by atoms with E-state index in [1.54, 1.807) is 12.1 Å². The second kappa shape index (κ2) is 8.76. The third kappa shape index (κ3) is 3.98. The van der Waals surface area contributed by atoms with Crippen molar-refractivity contribution in [2.75, 3.05) is 18.0 Å². The Bertz CT molecular complexity index is 1290. The van der Waals surface area contributed by atoms with Crippen molar-refractivity contribution >= 4 is 40.2 Å². The highest BCUT2D eigenvalue weighted by Gasteiger charge is 2.22.